The lowest BCUT2D eigenvalue weighted by atomic mass is 9.43. The maximum absolute atomic E-state index is 17.8. The summed E-state index contributed by atoms with van der Waals surface area (Å²) in [6.07, 6.45) is 8.70. The number of ketones is 2. The van der Waals surface area contributed by atoms with Gasteiger partial charge in [-0.05, 0) is 113 Å². The van der Waals surface area contributed by atoms with Gasteiger partial charge in [0.1, 0.15) is 12.1 Å². The third kappa shape index (κ3) is 3.14. The number of carbonyl (C=O) groups is 3. The Labute approximate surface area is 241 Å². The van der Waals surface area contributed by atoms with Crippen molar-refractivity contribution in [3.05, 3.63) is 23.8 Å². The van der Waals surface area contributed by atoms with Crippen LogP contribution in [0.5, 0.6) is 0 Å². The second kappa shape index (κ2) is 8.52. The largest absolute Gasteiger partial charge is 0.465 e. The third-order valence-electron chi connectivity index (χ3n) is 13.8. The SMILES string of the molecule is C[C@H]1C[C@H]2[C@@H]3CCC4=CC(=O)C=C[C@]4(C)[C@@]3(F)[C@@H](O)C[C@]2(C)[C@]1(C(=O)CO)N(C(=O)O)C12CC3CC(CC(C3)C1)C2. The molecule has 3 N–H and O–H groups in total. The molecule has 8 rings (SSSR count). The molecule has 7 saturated carbocycles. The van der Waals surface area contributed by atoms with Crippen molar-refractivity contribution in [1.29, 1.82) is 0 Å². The number of carbonyl (C=O) groups excluding carboxylic acids is 2. The van der Waals surface area contributed by atoms with E-state index in [4.69, 9.17) is 0 Å². The predicted molar refractivity (Wildman–Crippen MR) is 148 cm³/mol. The Bertz CT molecular complexity index is 1240. The summed E-state index contributed by atoms with van der Waals surface area (Å²) in [7, 11) is 0. The summed E-state index contributed by atoms with van der Waals surface area (Å²) in [6, 6.07) is 0. The standard InChI is InChI=1S/C33H44FNO6/c1-18-8-25-24-5-4-22-12-23(37)6-7-29(22,2)32(24,34)26(38)16-30(25,3)33(18,27(39)17-36)35(28(40)41)31-13-19-9-20(14-31)11-21(10-19)15-31/h6-7,12,18-21,24-26,36,38H,4-5,8-11,13-17H2,1-3H3,(H,40,41)/t18-,19?,20?,21?,24-,25-,26-,29-,30-,31?,32-,33-/m0/s1. The zero-order chi connectivity index (χ0) is 29.3. The van der Waals surface area contributed by atoms with Gasteiger partial charge in [-0.15, -0.1) is 0 Å². The first-order valence-corrected chi connectivity index (χ1v) is 15.8. The molecule has 4 bridgehead atoms. The van der Waals surface area contributed by atoms with E-state index in [-0.39, 0.29) is 18.1 Å². The van der Waals surface area contributed by atoms with Crippen molar-refractivity contribution >= 4 is 17.7 Å². The lowest BCUT2D eigenvalue weighted by Crippen LogP contribution is -2.78. The molecule has 0 saturated heterocycles. The van der Waals surface area contributed by atoms with Crippen LogP contribution in [0.3, 0.4) is 0 Å². The number of hydrogen-bond donors (Lipinski definition) is 3. The van der Waals surface area contributed by atoms with Crippen molar-refractivity contribution in [3.8, 4) is 0 Å². The minimum absolute atomic E-state index is 0.0818. The van der Waals surface area contributed by atoms with Gasteiger partial charge in [-0.25, -0.2) is 9.18 Å². The first-order chi connectivity index (χ1) is 19.3. The number of fused-ring (bicyclic) bond motifs is 5. The molecule has 8 aliphatic rings. The zero-order valence-corrected chi connectivity index (χ0v) is 24.4. The van der Waals surface area contributed by atoms with Crippen LogP contribution in [0.4, 0.5) is 9.18 Å². The van der Waals surface area contributed by atoms with Crippen molar-refractivity contribution < 1.29 is 34.1 Å². The molecule has 41 heavy (non-hydrogen) atoms. The van der Waals surface area contributed by atoms with Gasteiger partial charge in [0, 0.05) is 22.3 Å². The number of aliphatic hydroxyl groups is 2. The molecule has 0 radical (unpaired) electrons. The van der Waals surface area contributed by atoms with E-state index < -0.39 is 64.0 Å². The number of rotatable bonds is 4. The van der Waals surface area contributed by atoms with Gasteiger partial charge in [-0.1, -0.05) is 25.5 Å². The van der Waals surface area contributed by atoms with Crippen molar-refractivity contribution in [1.82, 2.24) is 4.90 Å². The van der Waals surface area contributed by atoms with Crippen LogP contribution in [0.15, 0.2) is 23.8 Å². The molecule has 224 valence electrons. The van der Waals surface area contributed by atoms with Crippen LogP contribution in [0.2, 0.25) is 0 Å². The average molecular weight is 570 g/mol. The molecule has 1 amide bonds. The normalized spacial score (nSPS) is 52.9. The number of nitrogens with zero attached hydrogens (tertiary/aromatic N) is 1. The topological polar surface area (TPSA) is 115 Å². The van der Waals surface area contributed by atoms with Gasteiger partial charge >= 0.3 is 6.09 Å². The lowest BCUT2D eigenvalue weighted by Gasteiger charge is -2.68. The van der Waals surface area contributed by atoms with E-state index in [1.54, 1.807) is 13.0 Å². The Kier molecular flexibility index (Phi) is 5.77. The third-order valence-corrected chi connectivity index (χ3v) is 13.8. The Morgan fingerprint density at radius 2 is 1.63 bits per heavy atom. The molecule has 0 aromatic carbocycles. The van der Waals surface area contributed by atoms with Crippen LogP contribution in [0.1, 0.15) is 85.0 Å². The fourth-order valence-electron chi connectivity index (χ4n) is 12.9. The number of halogens is 1. The van der Waals surface area contributed by atoms with E-state index in [1.165, 1.54) is 17.1 Å². The number of aliphatic hydroxyl groups excluding tert-OH is 2. The van der Waals surface area contributed by atoms with Crippen molar-refractivity contribution in [2.75, 3.05) is 6.61 Å². The molecule has 0 aliphatic heterocycles. The van der Waals surface area contributed by atoms with Gasteiger partial charge < -0.3 is 15.3 Å². The van der Waals surface area contributed by atoms with Gasteiger partial charge in [-0.3, -0.25) is 14.5 Å². The quantitative estimate of drug-likeness (QED) is 0.446. The second-order valence-electron chi connectivity index (χ2n) is 15.5. The summed E-state index contributed by atoms with van der Waals surface area (Å²) in [5, 5.41) is 33.5. The first kappa shape index (κ1) is 27.8. The summed E-state index contributed by atoms with van der Waals surface area (Å²) in [5.74, 6) is -0.843. The number of hydrogen-bond acceptors (Lipinski definition) is 5. The summed E-state index contributed by atoms with van der Waals surface area (Å²) in [5.41, 5.74) is -5.86. The number of amides is 1. The van der Waals surface area contributed by atoms with Gasteiger partial charge in [0.15, 0.2) is 17.2 Å². The molecule has 0 heterocycles. The van der Waals surface area contributed by atoms with Crippen LogP contribution < -0.4 is 0 Å². The Morgan fingerprint density at radius 3 is 2.20 bits per heavy atom. The molecular formula is C33H44FNO6. The highest BCUT2D eigenvalue weighted by molar-refractivity contribution is 6.01. The second-order valence-corrected chi connectivity index (χ2v) is 15.5. The molecule has 0 aromatic rings. The number of allylic oxidation sites excluding steroid dienone is 4. The van der Waals surface area contributed by atoms with Crippen LogP contribution in [-0.4, -0.2) is 67.3 Å². The number of alkyl halides is 1. The Balaban J connectivity index is 1.39. The molecule has 8 aliphatic carbocycles. The van der Waals surface area contributed by atoms with Gasteiger partial charge in [0.25, 0.3) is 0 Å². The Hall–Kier alpha value is -2.06. The molecule has 7 fully saturated rings. The fraction of sp³-hybridized carbons (Fsp3) is 0.788. The maximum atomic E-state index is 17.8. The van der Waals surface area contributed by atoms with E-state index in [2.05, 4.69) is 0 Å². The minimum Gasteiger partial charge on any atom is -0.465 e. The van der Waals surface area contributed by atoms with E-state index in [0.29, 0.717) is 42.6 Å². The van der Waals surface area contributed by atoms with Crippen LogP contribution in [-0.2, 0) is 9.59 Å². The predicted octanol–water partition coefficient (Wildman–Crippen LogP) is 4.85. The number of Topliss-reactive ketones (excluding diaryl/α,β-unsaturated/α-hetero) is 1. The fourth-order valence-corrected chi connectivity index (χ4v) is 12.9. The molecule has 0 spiro atoms. The van der Waals surface area contributed by atoms with Gasteiger partial charge in [-0.2, -0.15) is 0 Å². The summed E-state index contributed by atoms with van der Waals surface area (Å²) < 4.78 is 17.8. The summed E-state index contributed by atoms with van der Waals surface area (Å²) in [4.78, 5) is 41.6. The Morgan fingerprint density at radius 1 is 1.02 bits per heavy atom. The highest BCUT2D eigenvalue weighted by Crippen LogP contribution is 2.73. The monoisotopic (exact) mass is 569 g/mol. The van der Waals surface area contributed by atoms with Gasteiger partial charge in [0.2, 0.25) is 0 Å². The highest BCUT2D eigenvalue weighted by Gasteiger charge is 2.79. The molecule has 8 heteroatoms. The molecule has 0 unspecified atom stereocenters. The molecule has 8 atom stereocenters. The summed E-state index contributed by atoms with van der Waals surface area (Å²) in [6.45, 7) is 4.79. The molecule has 0 aromatic heterocycles. The van der Waals surface area contributed by atoms with Crippen LogP contribution in [0, 0.1) is 46.3 Å². The van der Waals surface area contributed by atoms with Crippen molar-refractivity contribution in [2.24, 2.45) is 46.3 Å². The maximum Gasteiger partial charge on any atom is 0.408 e. The van der Waals surface area contributed by atoms with E-state index >= 15 is 4.39 Å². The molecule has 7 nitrogen and oxygen atoms in total. The van der Waals surface area contributed by atoms with Crippen LogP contribution in [0.25, 0.3) is 0 Å². The minimum atomic E-state index is -2.06. The average Bonchev–Trinajstić information content (AvgIpc) is 3.11. The molecular weight excluding hydrogens is 525 g/mol. The van der Waals surface area contributed by atoms with Crippen LogP contribution >= 0.6 is 0 Å². The zero-order valence-electron chi connectivity index (χ0n) is 24.4. The summed E-state index contributed by atoms with van der Waals surface area (Å²) >= 11 is 0. The van der Waals surface area contributed by atoms with Crippen molar-refractivity contribution in [2.45, 2.75) is 108 Å². The smallest absolute Gasteiger partial charge is 0.408 e. The highest BCUT2D eigenvalue weighted by atomic mass is 19.1. The number of carboxylic acid groups (broad SMARTS) is 1. The lowest BCUT2D eigenvalue weighted by molar-refractivity contribution is -0.220. The first-order valence-electron chi connectivity index (χ1n) is 15.8. The van der Waals surface area contributed by atoms with E-state index in [9.17, 15) is 29.7 Å². The van der Waals surface area contributed by atoms with Crippen molar-refractivity contribution in [3.63, 3.8) is 0 Å². The van der Waals surface area contributed by atoms with E-state index in [1.807, 2.05) is 13.8 Å². The van der Waals surface area contributed by atoms with Gasteiger partial charge in [0.05, 0.1) is 6.10 Å². The van der Waals surface area contributed by atoms with E-state index in [0.717, 1.165) is 38.5 Å².